The van der Waals surface area contributed by atoms with Crippen LogP contribution in [-0.4, -0.2) is 35.6 Å². The highest BCUT2D eigenvalue weighted by Gasteiger charge is 2.03. The van der Waals surface area contributed by atoms with E-state index in [0.29, 0.717) is 13.1 Å². The third-order valence-electron chi connectivity index (χ3n) is 1.38. The highest BCUT2D eigenvalue weighted by molar-refractivity contribution is 5.66. The Morgan fingerprint density at radius 1 is 1.73 bits per heavy atom. The third kappa shape index (κ3) is 5.37. The minimum Gasteiger partial charge on any atom is -0.481 e. The number of hydrogen-bond acceptors (Lipinski definition) is 3. The first-order valence-corrected chi connectivity index (χ1v) is 3.51. The highest BCUT2D eigenvalue weighted by atomic mass is 16.4. The summed E-state index contributed by atoms with van der Waals surface area (Å²) in [6.45, 7) is 3.39. The molecule has 0 aromatic carbocycles. The van der Waals surface area contributed by atoms with Gasteiger partial charge in [-0.1, -0.05) is 6.92 Å². The molecule has 0 saturated heterocycles. The van der Waals surface area contributed by atoms with Crippen LogP contribution in [0.4, 0.5) is 0 Å². The van der Waals surface area contributed by atoms with Gasteiger partial charge in [-0.2, -0.15) is 5.26 Å². The number of nitrogens with zero attached hydrogens (tertiary/aromatic N) is 2. The first-order chi connectivity index (χ1) is 5.20. The molecule has 4 nitrogen and oxygen atoms in total. The topological polar surface area (TPSA) is 64.3 Å². The van der Waals surface area contributed by atoms with Gasteiger partial charge >= 0.3 is 5.97 Å². The van der Waals surface area contributed by atoms with Crippen LogP contribution in [-0.2, 0) is 4.79 Å². The van der Waals surface area contributed by atoms with Crippen molar-refractivity contribution >= 4 is 5.97 Å². The summed E-state index contributed by atoms with van der Waals surface area (Å²) in [6.07, 6.45) is 0.107. The number of nitriles is 1. The molecule has 0 rings (SSSR count). The van der Waals surface area contributed by atoms with Crippen molar-refractivity contribution in [2.45, 2.75) is 13.3 Å². The van der Waals surface area contributed by atoms with Gasteiger partial charge in [-0.05, 0) is 6.54 Å². The Morgan fingerprint density at radius 3 is 2.73 bits per heavy atom. The molecule has 0 fully saturated rings. The van der Waals surface area contributed by atoms with Gasteiger partial charge < -0.3 is 5.11 Å². The summed E-state index contributed by atoms with van der Waals surface area (Å²) in [6, 6.07) is 1.98. The van der Waals surface area contributed by atoms with Crippen LogP contribution in [0, 0.1) is 11.3 Å². The van der Waals surface area contributed by atoms with Crippen LogP contribution in [0.3, 0.4) is 0 Å². The molecule has 1 N–H and O–H groups in total. The average Bonchev–Trinajstić information content (AvgIpc) is 1.97. The molecule has 0 unspecified atom stereocenters. The molecule has 0 bridgehead atoms. The van der Waals surface area contributed by atoms with Crippen LogP contribution in [0.5, 0.6) is 0 Å². The van der Waals surface area contributed by atoms with Gasteiger partial charge in [0, 0.05) is 6.54 Å². The van der Waals surface area contributed by atoms with Crippen molar-refractivity contribution in [2.24, 2.45) is 0 Å². The quantitative estimate of drug-likeness (QED) is 0.582. The Hall–Kier alpha value is -1.08. The molecule has 0 amide bonds. The maximum atomic E-state index is 10.1. The molecule has 0 aliphatic rings. The summed E-state index contributed by atoms with van der Waals surface area (Å²) < 4.78 is 0. The summed E-state index contributed by atoms with van der Waals surface area (Å²) >= 11 is 0. The number of aliphatic carboxylic acids is 1. The van der Waals surface area contributed by atoms with Gasteiger partial charge in [0.15, 0.2) is 0 Å². The fourth-order valence-electron chi connectivity index (χ4n) is 0.703. The molecule has 0 spiro atoms. The van der Waals surface area contributed by atoms with Crippen LogP contribution in [0.2, 0.25) is 0 Å². The lowest BCUT2D eigenvalue weighted by atomic mass is 10.4. The van der Waals surface area contributed by atoms with E-state index in [4.69, 9.17) is 10.4 Å². The van der Waals surface area contributed by atoms with E-state index < -0.39 is 5.97 Å². The predicted molar refractivity (Wildman–Crippen MR) is 40.0 cm³/mol. The van der Waals surface area contributed by atoms with Gasteiger partial charge in [-0.3, -0.25) is 9.69 Å². The molecule has 0 aliphatic carbocycles. The van der Waals surface area contributed by atoms with Crippen molar-refractivity contribution in [1.82, 2.24) is 4.90 Å². The maximum Gasteiger partial charge on any atom is 0.304 e. The number of rotatable bonds is 5. The van der Waals surface area contributed by atoms with E-state index in [2.05, 4.69) is 0 Å². The van der Waals surface area contributed by atoms with Crippen LogP contribution in [0.1, 0.15) is 13.3 Å². The smallest absolute Gasteiger partial charge is 0.304 e. The second-order valence-electron chi connectivity index (χ2n) is 2.17. The summed E-state index contributed by atoms with van der Waals surface area (Å²) in [4.78, 5) is 11.9. The molecule has 0 aromatic heterocycles. The standard InChI is InChI=1S/C7H12N2O2/c1-2-9(6-4-8)5-3-7(10)11/h2-3,5-6H2,1H3,(H,10,11). The van der Waals surface area contributed by atoms with Crippen molar-refractivity contribution in [3.05, 3.63) is 0 Å². The largest absolute Gasteiger partial charge is 0.481 e. The minimum absolute atomic E-state index is 0.107. The van der Waals surface area contributed by atoms with Gasteiger partial charge in [-0.25, -0.2) is 0 Å². The number of carboxylic acid groups (broad SMARTS) is 1. The van der Waals surface area contributed by atoms with Crippen molar-refractivity contribution in [3.8, 4) is 6.07 Å². The number of carbonyl (C=O) groups is 1. The van der Waals surface area contributed by atoms with E-state index in [1.165, 1.54) is 0 Å². The minimum atomic E-state index is -0.818. The van der Waals surface area contributed by atoms with Gasteiger partial charge in [0.05, 0.1) is 19.0 Å². The molecule has 0 radical (unpaired) electrons. The Bertz CT molecular complexity index is 162. The second kappa shape index (κ2) is 5.69. The van der Waals surface area contributed by atoms with Crippen molar-refractivity contribution in [2.75, 3.05) is 19.6 Å². The van der Waals surface area contributed by atoms with E-state index in [1.54, 1.807) is 4.90 Å². The van der Waals surface area contributed by atoms with Crippen LogP contribution >= 0.6 is 0 Å². The molecule has 0 aromatic rings. The Balaban J connectivity index is 3.53. The van der Waals surface area contributed by atoms with E-state index in [0.717, 1.165) is 6.54 Å². The fourth-order valence-corrected chi connectivity index (χ4v) is 0.703. The monoisotopic (exact) mass is 156 g/mol. The Kier molecular flexibility index (Phi) is 5.13. The second-order valence-corrected chi connectivity index (χ2v) is 2.17. The zero-order valence-electron chi connectivity index (χ0n) is 6.58. The van der Waals surface area contributed by atoms with Crippen LogP contribution in [0.15, 0.2) is 0 Å². The first kappa shape index (κ1) is 9.92. The molecular weight excluding hydrogens is 144 g/mol. The third-order valence-corrected chi connectivity index (χ3v) is 1.38. The number of hydrogen-bond donors (Lipinski definition) is 1. The molecule has 4 heteroatoms. The molecule has 0 atom stereocenters. The zero-order chi connectivity index (χ0) is 8.69. The molecule has 0 saturated carbocycles. The van der Waals surface area contributed by atoms with Gasteiger partial charge in [-0.15, -0.1) is 0 Å². The van der Waals surface area contributed by atoms with Crippen LogP contribution in [0.25, 0.3) is 0 Å². The van der Waals surface area contributed by atoms with Crippen LogP contribution < -0.4 is 0 Å². The summed E-state index contributed by atoms with van der Waals surface area (Å²) in [5.41, 5.74) is 0. The maximum absolute atomic E-state index is 10.1. The first-order valence-electron chi connectivity index (χ1n) is 3.51. The molecule has 62 valence electrons. The molecule has 0 heterocycles. The summed E-state index contributed by atoms with van der Waals surface area (Å²) in [7, 11) is 0. The number of carboxylic acids is 1. The lowest BCUT2D eigenvalue weighted by Gasteiger charge is -2.14. The van der Waals surface area contributed by atoms with E-state index in [-0.39, 0.29) is 6.42 Å². The Morgan fingerprint density at radius 2 is 2.36 bits per heavy atom. The predicted octanol–water partition coefficient (Wildman–Crippen LogP) is 0.307. The summed E-state index contributed by atoms with van der Waals surface area (Å²) in [5, 5.41) is 16.6. The lowest BCUT2D eigenvalue weighted by Crippen LogP contribution is -2.26. The average molecular weight is 156 g/mol. The normalized spacial score (nSPS) is 9.55. The van der Waals surface area contributed by atoms with Crippen molar-refractivity contribution < 1.29 is 9.90 Å². The van der Waals surface area contributed by atoms with Gasteiger partial charge in [0.25, 0.3) is 0 Å². The zero-order valence-corrected chi connectivity index (χ0v) is 6.58. The van der Waals surface area contributed by atoms with Crippen molar-refractivity contribution in [3.63, 3.8) is 0 Å². The van der Waals surface area contributed by atoms with Crippen molar-refractivity contribution in [1.29, 1.82) is 5.26 Å². The lowest BCUT2D eigenvalue weighted by molar-refractivity contribution is -0.137. The SMILES string of the molecule is CCN(CC#N)CCC(=O)O. The fraction of sp³-hybridized carbons (Fsp3) is 0.714. The van der Waals surface area contributed by atoms with Gasteiger partial charge in [0.1, 0.15) is 0 Å². The molecule has 0 aliphatic heterocycles. The molecule has 11 heavy (non-hydrogen) atoms. The Labute approximate surface area is 66.0 Å². The summed E-state index contributed by atoms with van der Waals surface area (Å²) in [5.74, 6) is -0.818. The molecular formula is C7H12N2O2. The van der Waals surface area contributed by atoms with Gasteiger partial charge in [0.2, 0.25) is 0 Å². The highest BCUT2D eigenvalue weighted by Crippen LogP contribution is 1.89. The van der Waals surface area contributed by atoms with E-state index in [1.807, 2.05) is 13.0 Å². The van der Waals surface area contributed by atoms with E-state index in [9.17, 15) is 4.79 Å². The van der Waals surface area contributed by atoms with E-state index >= 15 is 0 Å².